The summed E-state index contributed by atoms with van der Waals surface area (Å²) in [6, 6.07) is 4.50. The zero-order valence-electron chi connectivity index (χ0n) is 13.1. The standard InChI is InChI=1S/C16H18FN3O3S/c1-24(22,23)19-5-4-12(15(21)8-19)16-11-3-2-10(17)6-13(11)14-7-18-9-20(14)16/h2-3,6-7,9,12,15-16,21H,4-5,8H2,1H3. The Balaban J connectivity index is 1.71. The van der Waals surface area contributed by atoms with Crippen LogP contribution in [0.15, 0.2) is 30.7 Å². The summed E-state index contributed by atoms with van der Waals surface area (Å²) in [5.41, 5.74) is 2.56. The maximum atomic E-state index is 13.6. The number of aromatic nitrogens is 2. The average molecular weight is 351 g/mol. The predicted octanol–water partition coefficient (Wildman–Crippen LogP) is 1.23. The first kappa shape index (κ1) is 15.7. The lowest BCUT2D eigenvalue weighted by atomic mass is 9.84. The molecule has 0 radical (unpaired) electrons. The molecule has 1 N–H and O–H groups in total. The molecular weight excluding hydrogens is 333 g/mol. The van der Waals surface area contributed by atoms with Crippen LogP contribution < -0.4 is 0 Å². The van der Waals surface area contributed by atoms with Gasteiger partial charge in [0.2, 0.25) is 10.0 Å². The molecule has 24 heavy (non-hydrogen) atoms. The molecule has 1 fully saturated rings. The fourth-order valence-electron chi connectivity index (χ4n) is 3.92. The lowest BCUT2D eigenvalue weighted by Crippen LogP contribution is -2.48. The van der Waals surface area contributed by atoms with Gasteiger partial charge in [0.25, 0.3) is 0 Å². The van der Waals surface area contributed by atoms with Gasteiger partial charge in [-0.25, -0.2) is 17.8 Å². The van der Waals surface area contributed by atoms with Gasteiger partial charge in [0.1, 0.15) is 5.82 Å². The second-order valence-electron chi connectivity index (χ2n) is 6.50. The van der Waals surface area contributed by atoms with E-state index in [0.717, 1.165) is 23.1 Å². The number of aliphatic hydroxyl groups is 1. The molecule has 3 unspecified atom stereocenters. The highest BCUT2D eigenvalue weighted by atomic mass is 32.2. The largest absolute Gasteiger partial charge is 0.391 e. The van der Waals surface area contributed by atoms with Crippen LogP contribution >= 0.6 is 0 Å². The van der Waals surface area contributed by atoms with E-state index in [0.29, 0.717) is 13.0 Å². The molecule has 0 aliphatic carbocycles. The summed E-state index contributed by atoms with van der Waals surface area (Å²) in [6.45, 7) is 0.457. The van der Waals surface area contributed by atoms with Crippen molar-refractivity contribution in [1.29, 1.82) is 0 Å². The monoisotopic (exact) mass is 351 g/mol. The molecule has 1 aromatic carbocycles. The lowest BCUT2D eigenvalue weighted by Gasteiger charge is -2.38. The number of β-amino-alcohol motifs (C(OH)–C–C–N with tert-alkyl or cyclic N) is 1. The molecule has 128 valence electrons. The van der Waals surface area contributed by atoms with Crippen LogP contribution in [0.5, 0.6) is 0 Å². The van der Waals surface area contributed by atoms with Crippen molar-refractivity contribution in [3.05, 3.63) is 42.1 Å². The Bertz CT molecular complexity index is 896. The van der Waals surface area contributed by atoms with Gasteiger partial charge in [0, 0.05) is 24.6 Å². The summed E-state index contributed by atoms with van der Waals surface area (Å²) >= 11 is 0. The van der Waals surface area contributed by atoms with E-state index in [1.807, 2.05) is 4.57 Å². The fourth-order valence-corrected chi connectivity index (χ4v) is 4.78. The van der Waals surface area contributed by atoms with Crippen LogP contribution in [0, 0.1) is 11.7 Å². The highest BCUT2D eigenvalue weighted by Crippen LogP contribution is 2.46. The molecule has 8 heteroatoms. The van der Waals surface area contributed by atoms with E-state index in [4.69, 9.17) is 0 Å². The van der Waals surface area contributed by atoms with E-state index in [9.17, 15) is 17.9 Å². The third-order valence-corrected chi connectivity index (χ3v) is 6.32. The molecule has 0 spiro atoms. The van der Waals surface area contributed by atoms with Crippen LogP contribution in [0.2, 0.25) is 0 Å². The molecular formula is C16H18FN3O3S. The topological polar surface area (TPSA) is 75.4 Å². The van der Waals surface area contributed by atoms with Crippen molar-refractivity contribution in [2.45, 2.75) is 18.6 Å². The van der Waals surface area contributed by atoms with Gasteiger partial charge < -0.3 is 9.67 Å². The molecule has 3 heterocycles. The summed E-state index contributed by atoms with van der Waals surface area (Å²) in [5, 5.41) is 10.6. The summed E-state index contributed by atoms with van der Waals surface area (Å²) in [7, 11) is -3.32. The number of hydrogen-bond acceptors (Lipinski definition) is 4. The second kappa shape index (κ2) is 5.37. The van der Waals surface area contributed by atoms with E-state index in [1.54, 1.807) is 18.6 Å². The Morgan fingerprint density at radius 2 is 2.17 bits per heavy atom. The summed E-state index contributed by atoms with van der Waals surface area (Å²) in [5.74, 6) is -0.461. The van der Waals surface area contributed by atoms with Crippen molar-refractivity contribution in [3.8, 4) is 11.3 Å². The Hall–Kier alpha value is -1.77. The maximum Gasteiger partial charge on any atom is 0.211 e. The van der Waals surface area contributed by atoms with Crippen LogP contribution in [0.1, 0.15) is 18.0 Å². The molecule has 0 bridgehead atoms. The van der Waals surface area contributed by atoms with Gasteiger partial charge in [-0.1, -0.05) is 6.07 Å². The SMILES string of the molecule is CS(=O)(=O)N1CCC(C2c3ccc(F)cc3-c3cncn32)C(O)C1. The molecule has 0 amide bonds. The van der Waals surface area contributed by atoms with Crippen LogP contribution in [-0.4, -0.2) is 52.8 Å². The highest BCUT2D eigenvalue weighted by molar-refractivity contribution is 7.88. The molecule has 4 rings (SSSR count). The molecule has 3 atom stereocenters. The Labute approximate surface area is 139 Å². The fraction of sp³-hybridized carbons (Fsp3) is 0.438. The minimum atomic E-state index is -3.32. The minimum absolute atomic E-state index is 0.0839. The van der Waals surface area contributed by atoms with Gasteiger partial charge in [-0.05, 0) is 24.1 Å². The number of hydrogen-bond donors (Lipinski definition) is 1. The van der Waals surface area contributed by atoms with E-state index < -0.39 is 16.1 Å². The number of sulfonamides is 1. The van der Waals surface area contributed by atoms with Crippen molar-refractivity contribution in [2.24, 2.45) is 5.92 Å². The normalized spacial score (nSPS) is 27.0. The smallest absolute Gasteiger partial charge is 0.211 e. The van der Waals surface area contributed by atoms with Crippen molar-refractivity contribution in [3.63, 3.8) is 0 Å². The molecule has 2 aliphatic heterocycles. The number of nitrogens with zero attached hydrogens (tertiary/aromatic N) is 3. The number of benzene rings is 1. The van der Waals surface area contributed by atoms with Crippen LogP contribution in [0.25, 0.3) is 11.3 Å². The quantitative estimate of drug-likeness (QED) is 0.883. The van der Waals surface area contributed by atoms with Gasteiger partial charge in [-0.15, -0.1) is 0 Å². The van der Waals surface area contributed by atoms with Crippen LogP contribution in [-0.2, 0) is 10.0 Å². The first-order valence-corrected chi connectivity index (χ1v) is 9.66. The van der Waals surface area contributed by atoms with Gasteiger partial charge in [0.05, 0.1) is 36.6 Å². The summed E-state index contributed by atoms with van der Waals surface area (Å²) in [6.07, 6.45) is 4.28. The first-order valence-electron chi connectivity index (χ1n) is 7.81. The average Bonchev–Trinajstić information content (AvgIpc) is 3.07. The van der Waals surface area contributed by atoms with Gasteiger partial charge in [0.15, 0.2) is 0 Å². The van der Waals surface area contributed by atoms with Crippen molar-refractivity contribution >= 4 is 10.0 Å². The Morgan fingerprint density at radius 3 is 2.88 bits per heavy atom. The zero-order chi connectivity index (χ0) is 17.1. The zero-order valence-corrected chi connectivity index (χ0v) is 13.9. The third kappa shape index (κ3) is 2.37. The summed E-state index contributed by atoms with van der Waals surface area (Å²) < 4.78 is 40.3. The molecule has 1 saturated heterocycles. The number of imidazole rings is 1. The molecule has 0 saturated carbocycles. The third-order valence-electron chi connectivity index (χ3n) is 5.05. The first-order chi connectivity index (χ1) is 11.4. The van der Waals surface area contributed by atoms with Crippen LogP contribution in [0.4, 0.5) is 4.39 Å². The van der Waals surface area contributed by atoms with Gasteiger partial charge >= 0.3 is 0 Å². The van der Waals surface area contributed by atoms with Crippen molar-refractivity contribution in [2.75, 3.05) is 19.3 Å². The lowest BCUT2D eigenvalue weighted by molar-refractivity contribution is 0.0345. The van der Waals surface area contributed by atoms with Gasteiger partial charge in [-0.2, -0.15) is 4.31 Å². The number of fused-ring (bicyclic) bond motifs is 3. The van der Waals surface area contributed by atoms with E-state index >= 15 is 0 Å². The van der Waals surface area contributed by atoms with E-state index in [2.05, 4.69) is 4.98 Å². The number of rotatable bonds is 2. The number of aliphatic hydroxyl groups excluding tert-OH is 1. The number of halogens is 1. The van der Waals surface area contributed by atoms with Crippen molar-refractivity contribution < 1.29 is 17.9 Å². The van der Waals surface area contributed by atoms with E-state index in [-0.39, 0.29) is 24.3 Å². The molecule has 1 aromatic heterocycles. The summed E-state index contributed by atoms with van der Waals surface area (Å²) in [4.78, 5) is 4.15. The molecule has 2 aromatic rings. The highest BCUT2D eigenvalue weighted by Gasteiger charge is 2.41. The van der Waals surface area contributed by atoms with Crippen molar-refractivity contribution in [1.82, 2.24) is 13.9 Å². The maximum absolute atomic E-state index is 13.6. The number of piperidine rings is 1. The predicted molar refractivity (Wildman–Crippen MR) is 86.3 cm³/mol. The molecule has 2 aliphatic rings. The van der Waals surface area contributed by atoms with E-state index in [1.165, 1.54) is 16.4 Å². The second-order valence-corrected chi connectivity index (χ2v) is 8.49. The van der Waals surface area contributed by atoms with Crippen LogP contribution in [0.3, 0.4) is 0 Å². The van der Waals surface area contributed by atoms with Gasteiger partial charge in [-0.3, -0.25) is 0 Å². The Morgan fingerprint density at radius 1 is 1.38 bits per heavy atom. The Kier molecular flexibility index (Phi) is 3.52. The minimum Gasteiger partial charge on any atom is -0.391 e. The molecule has 6 nitrogen and oxygen atoms in total.